The van der Waals surface area contributed by atoms with Gasteiger partial charge in [0.1, 0.15) is 43.2 Å². The van der Waals surface area contributed by atoms with Crippen molar-refractivity contribution in [2.45, 2.75) is 223 Å². The van der Waals surface area contributed by atoms with E-state index in [0.29, 0.717) is 32.1 Å². The van der Waals surface area contributed by atoms with Crippen molar-refractivity contribution in [1.82, 2.24) is 0 Å². The first-order valence-corrected chi connectivity index (χ1v) is 28.6. The van der Waals surface area contributed by atoms with Crippen molar-refractivity contribution in [3.8, 4) is 0 Å². The Balaban J connectivity index is 2.62. The second kappa shape index (κ2) is 40.8. The molecule has 0 aromatic rings. The number of esters is 2. The number of phosphoric acid groups is 2. The molecule has 1 saturated carbocycles. The molecule has 0 aliphatic heterocycles. The summed E-state index contributed by atoms with van der Waals surface area (Å²) >= 11 is 0. The van der Waals surface area contributed by atoms with Gasteiger partial charge in [0.05, 0.1) is 12.7 Å². The van der Waals surface area contributed by atoms with Crippen molar-refractivity contribution in [2.75, 3.05) is 13.2 Å². The fourth-order valence-electron chi connectivity index (χ4n) is 7.31. The number of unbranched alkanes of at least 4 members (excludes halogenated alkanes) is 16. The van der Waals surface area contributed by atoms with Gasteiger partial charge in [-0.15, -0.1) is 0 Å². The highest BCUT2D eigenvalue weighted by Gasteiger charge is 2.54. The minimum Gasteiger partial charge on any atom is -0.462 e. The smallest absolute Gasteiger partial charge is 0.462 e. The van der Waals surface area contributed by atoms with Crippen molar-refractivity contribution in [3.05, 3.63) is 72.9 Å². The third-order valence-corrected chi connectivity index (χ3v) is 12.8. The zero-order valence-corrected chi connectivity index (χ0v) is 43.6. The number of rotatable bonds is 42. The van der Waals surface area contributed by atoms with Crippen LogP contribution in [0.4, 0.5) is 0 Å². The van der Waals surface area contributed by atoms with Gasteiger partial charge < -0.3 is 49.7 Å². The van der Waals surface area contributed by atoms with Gasteiger partial charge in [0.2, 0.25) is 0 Å². The van der Waals surface area contributed by atoms with Gasteiger partial charge in [0.25, 0.3) is 0 Å². The molecule has 1 aliphatic rings. The highest BCUT2D eigenvalue weighted by Crippen LogP contribution is 2.49. The van der Waals surface area contributed by atoms with Crippen molar-refractivity contribution in [3.63, 3.8) is 0 Å². The maximum Gasteiger partial charge on any atom is 0.472 e. The molecule has 0 bridgehead atoms. The first kappa shape index (κ1) is 65.4. The van der Waals surface area contributed by atoms with Crippen LogP contribution in [0, 0.1) is 0 Å². The zero-order valence-electron chi connectivity index (χ0n) is 41.8. The Morgan fingerprint density at radius 1 is 0.529 bits per heavy atom. The summed E-state index contributed by atoms with van der Waals surface area (Å²) in [5.74, 6) is -1.32. The van der Waals surface area contributed by atoms with E-state index in [1.807, 2.05) is 30.4 Å². The number of carbonyl (C=O) groups is 2. The summed E-state index contributed by atoms with van der Waals surface area (Å²) in [4.78, 5) is 54.4. The van der Waals surface area contributed by atoms with Gasteiger partial charge in [0, 0.05) is 12.8 Å². The molecule has 0 aromatic carbocycles. The Kier molecular flexibility index (Phi) is 38.2. The quantitative estimate of drug-likeness (QED) is 0.00929. The van der Waals surface area contributed by atoms with Crippen molar-refractivity contribution in [1.29, 1.82) is 0 Å². The molecule has 0 spiro atoms. The van der Waals surface area contributed by atoms with Crippen LogP contribution in [0.25, 0.3) is 0 Å². The molecule has 17 nitrogen and oxygen atoms in total. The lowest BCUT2D eigenvalue weighted by Gasteiger charge is -2.43. The molecule has 1 rings (SSSR count). The monoisotopic (exact) mass is 1030 g/mol. The molecule has 404 valence electrons. The largest absolute Gasteiger partial charge is 0.472 e. The van der Waals surface area contributed by atoms with Crippen LogP contribution in [0.2, 0.25) is 0 Å². The average Bonchev–Trinajstić information content (AvgIpc) is 3.31. The topological polar surface area (TPSA) is 276 Å². The summed E-state index contributed by atoms with van der Waals surface area (Å²) in [6.07, 6.45) is 31.6. The number of hydrogen-bond donors (Lipinski definition) is 8. The predicted octanol–water partition coefficient (Wildman–Crippen LogP) is 9.37. The van der Waals surface area contributed by atoms with E-state index < -0.39 is 89.6 Å². The minimum atomic E-state index is -5.38. The van der Waals surface area contributed by atoms with Gasteiger partial charge in [-0.25, -0.2) is 9.13 Å². The highest BCUT2D eigenvalue weighted by molar-refractivity contribution is 7.47. The first-order chi connectivity index (χ1) is 33.5. The zero-order chi connectivity index (χ0) is 51.9. The normalized spacial score (nSPS) is 22.0. The second-order valence-corrected chi connectivity index (χ2v) is 20.3. The summed E-state index contributed by atoms with van der Waals surface area (Å²) in [5, 5.41) is 51.4. The highest BCUT2D eigenvalue weighted by atomic mass is 31.2. The van der Waals surface area contributed by atoms with E-state index in [1.165, 1.54) is 51.4 Å². The maximum atomic E-state index is 13.0. The standard InChI is InChI=1S/C51H88O17P2/c1-3-5-7-9-11-12-13-14-15-16-17-18-19-20-21-22-27-31-35-39-45(54)66-43(41-65-70(62,63)68-51-48(57)46(55)47(56)50(49(51)58)67-69(59,60)61)40-64-44(53)38-34-30-26-24-23-25-29-33-37-42(52)36-32-28-10-8-6-4-2/h11-12,14-15,24-26,28-29,32-33,37,42-43,46-52,55-58H,3-10,13,16-23,27,30-31,34-36,38-41H2,1-2H3,(H,62,63)(H2,59,60,61)/b12-11-,15-14-,26-24-,29-25-,32-28-,37-33+/t42-,43-,46?,47?,48?,49?,50-,51+/m1/s1. The maximum absolute atomic E-state index is 13.0. The predicted molar refractivity (Wildman–Crippen MR) is 270 cm³/mol. The van der Waals surface area contributed by atoms with Crippen LogP contribution < -0.4 is 0 Å². The third-order valence-electron chi connectivity index (χ3n) is 11.3. The van der Waals surface area contributed by atoms with E-state index in [1.54, 1.807) is 12.2 Å². The molecule has 0 radical (unpaired) electrons. The van der Waals surface area contributed by atoms with E-state index in [4.69, 9.17) is 18.5 Å². The number of allylic oxidation sites excluding steroid dienone is 10. The van der Waals surface area contributed by atoms with E-state index in [0.717, 1.165) is 64.2 Å². The Labute approximate surface area is 417 Å². The third kappa shape index (κ3) is 34.7. The summed E-state index contributed by atoms with van der Waals surface area (Å²) in [7, 11) is -10.7. The van der Waals surface area contributed by atoms with Crippen LogP contribution in [0.3, 0.4) is 0 Å². The van der Waals surface area contributed by atoms with E-state index >= 15 is 0 Å². The Bertz CT molecular complexity index is 1640. The number of hydrogen-bond acceptors (Lipinski definition) is 14. The summed E-state index contributed by atoms with van der Waals surface area (Å²) in [5.41, 5.74) is 0. The Morgan fingerprint density at radius 2 is 1.01 bits per heavy atom. The molecule has 0 saturated heterocycles. The van der Waals surface area contributed by atoms with Gasteiger partial charge in [-0.2, -0.15) is 0 Å². The first-order valence-electron chi connectivity index (χ1n) is 25.6. The van der Waals surface area contributed by atoms with Gasteiger partial charge in [-0.1, -0.05) is 157 Å². The summed E-state index contributed by atoms with van der Waals surface area (Å²) in [6, 6.07) is 0. The lowest BCUT2D eigenvalue weighted by molar-refractivity contribution is -0.216. The number of phosphoric ester groups is 2. The number of carbonyl (C=O) groups excluding carboxylic acids is 2. The van der Waals surface area contributed by atoms with Crippen LogP contribution in [0.1, 0.15) is 174 Å². The number of aliphatic hydroxyl groups is 5. The molecule has 5 unspecified atom stereocenters. The fourth-order valence-corrected chi connectivity index (χ4v) is 8.85. The summed E-state index contributed by atoms with van der Waals surface area (Å²) < 4.78 is 49.4. The molecule has 19 heteroatoms. The lowest BCUT2D eigenvalue weighted by Crippen LogP contribution is -2.64. The SMILES string of the molecule is CCCCC/C=C\C/C=C\CCCCCCCCCCCC(=O)O[C@H](COC(=O)CCC/C=C\C/C=C\C=C\[C@H](O)C/C=C\CCCCC)COP(=O)(O)O[C@H]1C(O)C(O)C(O)[C@@H](OP(=O)(O)O)C1O. The molecular formula is C51H88O17P2. The van der Waals surface area contributed by atoms with E-state index in [9.17, 15) is 58.9 Å². The van der Waals surface area contributed by atoms with Crippen molar-refractivity contribution in [2.24, 2.45) is 0 Å². The van der Waals surface area contributed by atoms with Crippen LogP contribution in [0.5, 0.6) is 0 Å². The van der Waals surface area contributed by atoms with Crippen LogP contribution >= 0.6 is 15.6 Å². The van der Waals surface area contributed by atoms with Crippen LogP contribution in [0.15, 0.2) is 72.9 Å². The van der Waals surface area contributed by atoms with Crippen LogP contribution in [-0.2, 0) is 41.8 Å². The number of aliphatic hydroxyl groups excluding tert-OH is 5. The molecule has 0 amide bonds. The molecule has 0 aromatic heterocycles. The Hall–Kier alpha value is -2.60. The average molecular weight is 1040 g/mol. The molecule has 70 heavy (non-hydrogen) atoms. The second-order valence-electron chi connectivity index (χ2n) is 17.7. The van der Waals surface area contributed by atoms with Gasteiger partial charge in [-0.3, -0.25) is 23.2 Å². The lowest BCUT2D eigenvalue weighted by atomic mass is 9.85. The summed E-state index contributed by atoms with van der Waals surface area (Å²) in [6.45, 7) is 2.94. The van der Waals surface area contributed by atoms with Gasteiger partial charge in [0.15, 0.2) is 6.10 Å². The van der Waals surface area contributed by atoms with Crippen molar-refractivity contribution < 1.29 is 82.0 Å². The van der Waals surface area contributed by atoms with E-state index in [-0.39, 0.29) is 12.8 Å². The Morgan fingerprint density at radius 3 is 1.59 bits per heavy atom. The van der Waals surface area contributed by atoms with E-state index in [2.05, 4.69) is 48.8 Å². The molecule has 1 aliphatic carbocycles. The fraction of sp³-hybridized carbons (Fsp3) is 0.725. The molecule has 9 atom stereocenters. The molecule has 0 heterocycles. The van der Waals surface area contributed by atoms with Gasteiger partial charge >= 0.3 is 27.6 Å². The van der Waals surface area contributed by atoms with Crippen molar-refractivity contribution >= 4 is 27.6 Å². The molecule has 1 fully saturated rings. The molecule has 8 N–H and O–H groups in total. The minimum absolute atomic E-state index is 0.00910. The molecular weight excluding hydrogens is 946 g/mol. The van der Waals surface area contributed by atoms with Gasteiger partial charge in [-0.05, 0) is 77.0 Å². The number of ether oxygens (including phenoxy) is 2. The van der Waals surface area contributed by atoms with Crippen LogP contribution in [-0.4, -0.2) is 114 Å².